The van der Waals surface area contributed by atoms with Gasteiger partial charge in [-0.1, -0.05) is 0 Å². The lowest BCUT2D eigenvalue weighted by molar-refractivity contribution is -0.122. The topological polar surface area (TPSA) is 71.0 Å². The molecule has 5 heteroatoms. The zero-order chi connectivity index (χ0) is 10.3. The summed E-state index contributed by atoms with van der Waals surface area (Å²) in [5.74, 6) is 0. The van der Waals surface area contributed by atoms with E-state index in [1.54, 1.807) is 14.2 Å². The molecule has 0 fully saturated rings. The van der Waals surface area contributed by atoms with E-state index in [1.165, 1.54) is 0 Å². The largest absolute Gasteiger partial charge is 0.395 e. The maximum absolute atomic E-state index is 8.80. The first-order valence-electron chi connectivity index (χ1n) is 4.22. The lowest BCUT2D eigenvalue weighted by atomic mass is 10.2. The van der Waals surface area contributed by atoms with Crippen LogP contribution in [0.3, 0.4) is 0 Å². The van der Waals surface area contributed by atoms with Crippen molar-refractivity contribution >= 4 is 0 Å². The zero-order valence-electron chi connectivity index (χ0n) is 8.36. The SMILES string of the molecule is COC(OC)C(C)NC(CO)CO. The summed E-state index contributed by atoms with van der Waals surface area (Å²) in [5, 5.41) is 20.6. The van der Waals surface area contributed by atoms with E-state index in [0.29, 0.717) is 0 Å². The molecule has 0 saturated carbocycles. The molecule has 5 nitrogen and oxygen atoms in total. The first-order valence-corrected chi connectivity index (χ1v) is 4.22. The van der Waals surface area contributed by atoms with Gasteiger partial charge in [0.15, 0.2) is 6.29 Å². The van der Waals surface area contributed by atoms with Crippen LogP contribution in [0.15, 0.2) is 0 Å². The van der Waals surface area contributed by atoms with Crippen molar-refractivity contribution in [2.75, 3.05) is 27.4 Å². The molecule has 0 radical (unpaired) electrons. The van der Waals surface area contributed by atoms with Crippen LogP contribution in [-0.2, 0) is 9.47 Å². The van der Waals surface area contributed by atoms with E-state index in [9.17, 15) is 0 Å². The minimum Gasteiger partial charge on any atom is -0.395 e. The molecule has 1 unspecified atom stereocenters. The summed E-state index contributed by atoms with van der Waals surface area (Å²) >= 11 is 0. The highest BCUT2D eigenvalue weighted by molar-refractivity contribution is 4.72. The van der Waals surface area contributed by atoms with Crippen molar-refractivity contribution in [3.05, 3.63) is 0 Å². The first kappa shape index (κ1) is 12.8. The number of aliphatic hydroxyl groups is 2. The molecular formula is C8H19NO4. The Labute approximate surface area is 78.7 Å². The average molecular weight is 193 g/mol. The van der Waals surface area contributed by atoms with Gasteiger partial charge in [-0.05, 0) is 6.92 Å². The van der Waals surface area contributed by atoms with E-state index in [2.05, 4.69) is 5.32 Å². The molecule has 0 saturated heterocycles. The minimum absolute atomic E-state index is 0.0840. The standard InChI is InChI=1S/C8H19NO4/c1-6(8(12-2)13-3)9-7(4-10)5-11/h6-11H,4-5H2,1-3H3. The van der Waals surface area contributed by atoms with Gasteiger partial charge < -0.3 is 25.0 Å². The summed E-state index contributed by atoms with van der Waals surface area (Å²) in [7, 11) is 3.08. The molecule has 0 heterocycles. The molecule has 0 aliphatic carbocycles. The molecule has 80 valence electrons. The Morgan fingerprint density at radius 2 is 1.62 bits per heavy atom. The molecule has 0 spiro atoms. The van der Waals surface area contributed by atoms with Crippen LogP contribution in [0.5, 0.6) is 0 Å². The van der Waals surface area contributed by atoms with E-state index in [0.717, 1.165) is 0 Å². The molecule has 1 atom stereocenters. The fraction of sp³-hybridized carbons (Fsp3) is 1.00. The summed E-state index contributed by atoms with van der Waals surface area (Å²) in [5.41, 5.74) is 0. The predicted octanol–water partition coefficient (Wildman–Crippen LogP) is -1.06. The van der Waals surface area contributed by atoms with Crippen molar-refractivity contribution in [1.29, 1.82) is 0 Å². The van der Waals surface area contributed by atoms with E-state index in [1.807, 2.05) is 6.92 Å². The predicted molar refractivity (Wildman–Crippen MR) is 48.4 cm³/mol. The molecule has 0 aliphatic heterocycles. The molecule has 0 amide bonds. The number of ether oxygens (including phenoxy) is 2. The van der Waals surface area contributed by atoms with E-state index in [4.69, 9.17) is 19.7 Å². The lowest BCUT2D eigenvalue weighted by Gasteiger charge is -2.25. The number of methoxy groups -OCH3 is 2. The lowest BCUT2D eigenvalue weighted by Crippen LogP contribution is -2.48. The van der Waals surface area contributed by atoms with E-state index >= 15 is 0 Å². The van der Waals surface area contributed by atoms with Crippen LogP contribution in [0, 0.1) is 0 Å². The quantitative estimate of drug-likeness (QED) is 0.449. The number of rotatable bonds is 7. The van der Waals surface area contributed by atoms with Gasteiger partial charge in [0.25, 0.3) is 0 Å². The third kappa shape index (κ3) is 4.54. The Balaban J connectivity index is 3.87. The van der Waals surface area contributed by atoms with Gasteiger partial charge in [-0.2, -0.15) is 0 Å². The molecule has 3 N–H and O–H groups in total. The highest BCUT2D eigenvalue weighted by Crippen LogP contribution is 1.99. The van der Waals surface area contributed by atoms with E-state index in [-0.39, 0.29) is 31.6 Å². The minimum atomic E-state index is -0.374. The van der Waals surface area contributed by atoms with Crippen molar-refractivity contribution in [2.24, 2.45) is 0 Å². The molecule has 0 aromatic rings. The van der Waals surface area contributed by atoms with Crippen molar-refractivity contribution in [2.45, 2.75) is 25.3 Å². The van der Waals surface area contributed by atoms with Gasteiger partial charge in [0.1, 0.15) is 0 Å². The van der Waals surface area contributed by atoms with Crippen molar-refractivity contribution in [1.82, 2.24) is 5.32 Å². The monoisotopic (exact) mass is 193 g/mol. The Morgan fingerprint density at radius 1 is 1.15 bits per heavy atom. The molecule has 0 aromatic carbocycles. The molecule has 13 heavy (non-hydrogen) atoms. The third-order valence-corrected chi connectivity index (χ3v) is 1.81. The second-order valence-electron chi connectivity index (χ2n) is 2.86. The Kier molecular flexibility index (Phi) is 7.12. The van der Waals surface area contributed by atoms with Crippen LogP contribution in [0.1, 0.15) is 6.92 Å². The van der Waals surface area contributed by atoms with Crippen LogP contribution in [0.2, 0.25) is 0 Å². The molecule has 0 bridgehead atoms. The Morgan fingerprint density at radius 3 is 1.92 bits per heavy atom. The average Bonchev–Trinajstić information content (AvgIpc) is 2.16. The first-order chi connectivity index (χ1) is 6.19. The highest BCUT2D eigenvalue weighted by Gasteiger charge is 2.18. The number of hydrogen-bond acceptors (Lipinski definition) is 5. The van der Waals surface area contributed by atoms with Crippen LogP contribution in [0.25, 0.3) is 0 Å². The fourth-order valence-corrected chi connectivity index (χ4v) is 1.12. The van der Waals surface area contributed by atoms with Crippen LogP contribution >= 0.6 is 0 Å². The Hall–Kier alpha value is -0.200. The van der Waals surface area contributed by atoms with Crippen LogP contribution < -0.4 is 5.32 Å². The second-order valence-corrected chi connectivity index (χ2v) is 2.86. The zero-order valence-corrected chi connectivity index (χ0v) is 8.36. The summed E-state index contributed by atoms with van der Waals surface area (Å²) < 4.78 is 10.0. The van der Waals surface area contributed by atoms with Gasteiger partial charge in [-0.25, -0.2) is 0 Å². The van der Waals surface area contributed by atoms with Crippen molar-refractivity contribution < 1.29 is 19.7 Å². The van der Waals surface area contributed by atoms with Crippen LogP contribution in [-0.4, -0.2) is 56.0 Å². The van der Waals surface area contributed by atoms with Gasteiger partial charge in [0.2, 0.25) is 0 Å². The normalized spacial score (nSPS) is 14.1. The molecule has 0 aromatic heterocycles. The van der Waals surface area contributed by atoms with Crippen LogP contribution in [0.4, 0.5) is 0 Å². The highest BCUT2D eigenvalue weighted by atomic mass is 16.7. The van der Waals surface area contributed by atoms with Gasteiger partial charge in [-0.15, -0.1) is 0 Å². The summed E-state index contributed by atoms with van der Waals surface area (Å²) in [6.45, 7) is 1.64. The van der Waals surface area contributed by atoms with Crippen molar-refractivity contribution in [3.8, 4) is 0 Å². The van der Waals surface area contributed by atoms with Gasteiger partial charge in [-0.3, -0.25) is 0 Å². The summed E-state index contributed by atoms with van der Waals surface area (Å²) in [6, 6.07) is -0.415. The fourth-order valence-electron chi connectivity index (χ4n) is 1.12. The van der Waals surface area contributed by atoms with Gasteiger partial charge >= 0.3 is 0 Å². The number of aliphatic hydroxyl groups excluding tert-OH is 2. The third-order valence-electron chi connectivity index (χ3n) is 1.81. The number of hydrogen-bond donors (Lipinski definition) is 3. The summed E-state index contributed by atoms with van der Waals surface area (Å²) in [4.78, 5) is 0. The molecular weight excluding hydrogens is 174 g/mol. The summed E-state index contributed by atoms with van der Waals surface area (Å²) in [6.07, 6.45) is -0.374. The smallest absolute Gasteiger partial charge is 0.171 e. The Bertz CT molecular complexity index is 115. The second kappa shape index (κ2) is 7.23. The van der Waals surface area contributed by atoms with Gasteiger partial charge in [0, 0.05) is 14.2 Å². The maximum Gasteiger partial charge on any atom is 0.171 e. The number of nitrogens with one attached hydrogen (secondary N) is 1. The van der Waals surface area contributed by atoms with Gasteiger partial charge in [0.05, 0.1) is 25.3 Å². The molecule has 0 aliphatic rings. The maximum atomic E-state index is 8.80. The molecule has 0 rings (SSSR count). The van der Waals surface area contributed by atoms with Crippen molar-refractivity contribution in [3.63, 3.8) is 0 Å². The van der Waals surface area contributed by atoms with E-state index < -0.39 is 0 Å².